The van der Waals surface area contributed by atoms with Crippen LogP contribution in [0.5, 0.6) is 0 Å². The van der Waals surface area contributed by atoms with Crippen molar-refractivity contribution in [2.24, 2.45) is 12.8 Å². The van der Waals surface area contributed by atoms with Gasteiger partial charge in [0.1, 0.15) is 0 Å². The van der Waals surface area contributed by atoms with Crippen LogP contribution in [0.15, 0.2) is 12.1 Å². The van der Waals surface area contributed by atoms with Gasteiger partial charge in [-0.25, -0.2) is 0 Å². The van der Waals surface area contributed by atoms with Crippen LogP contribution in [0.4, 0.5) is 0 Å². The van der Waals surface area contributed by atoms with Crippen LogP contribution in [0.3, 0.4) is 0 Å². The van der Waals surface area contributed by atoms with Crippen LogP contribution in [0.25, 0.3) is 10.9 Å². The Morgan fingerprint density at radius 3 is 2.40 bits per heavy atom. The van der Waals surface area contributed by atoms with Crippen molar-refractivity contribution >= 4 is 34.1 Å². The Labute approximate surface area is 98.6 Å². The molecule has 0 bridgehead atoms. The molecule has 2 aromatic rings. The molecule has 0 saturated heterocycles. The highest BCUT2D eigenvalue weighted by Gasteiger charge is 2.15. The summed E-state index contributed by atoms with van der Waals surface area (Å²) in [6.07, 6.45) is 0. The average molecular weight is 243 g/mol. The van der Waals surface area contributed by atoms with Crippen LogP contribution in [0.2, 0.25) is 10.0 Å². The first-order valence-electron chi connectivity index (χ1n) is 4.69. The maximum absolute atomic E-state index is 6.16. The number of aromatic nitrogens is 1. The quantitative estimate of drug-likeness (QED) is 0.818. The molecule has 2 rings (SSSR count). The molecule has 0 aliphatic rings. The molecule has 2 N–H and O–H groups in total. The molecule has 0 unspecified atom stereocenters. The second kappa shape index (κ2) is 3.71. The molecule has 4 heteroatoms. The van der Waals surface area contributed by atoms with E-state index in [9.17, 15) is 0 Å². The second-order valence-electron chi connectivity index (χ2n) is 3.59. The third-order valence-electron chi connectivity index (χ3n) is 2.82. The molecule has 0 saturated carbocycles. The van der Waals surface area contributed by atoms with E-state index in [4.69, 9.17) is 28.9 Å². The predicted molar refractivity (Wildman–Crippen MR) is 65.6 cm³/mol. The van der Waals surface area contributed by atoms with Crippen molar-refractivity contribution in [1.82, 2.24) is 4.57 Å². The molecule has 15 heavy (non-hydrogen) atoms. The SMILES string of the molecule is Cc1c(CN)n(C)c2c(Cl)ccc(Cl)c12. The Morgan fingerprint density at radius 1 is 1.27 bits per heavy atom. The van der Waals surface area contributed by atoms with Gasteiger partial charge in [0.15, 0.2) is 0 Å². The smallest absolute Gasteiger partial charge is 0.0687 e. The second-order valence-corrected chi connectivity index (χ2v) is 4.40. The standard InChI is InChI=1S/C11H12Cl2N2/c1-6-9(5-14)15(2)11-8(13)4-3-7(12)10(6)11/h3-4H,5,14H2,1-2H3. The normalized spacial score (nSPS) is 11.3. The molecule has 80 valence electrons. The van der Waals surface area contributed by atoms with Gasteiger partial charge >= 0.3 is 0 Å². The molecule has 0 atom stereocenters. The van der Waals surface area contributed by atoms with Crippen molar-refractivity contribution in [2.45, 2.75) is 13.5 Å². The van der Waals surface area contributed by atoms with Gasteiger partial charge in [0.25, 0.3) is 0 Å². The molecule has 0 amide bonds. The lowest BCUT2D eigenvalue weighted by Crippen LogP contribution is -2.04. The van der Waals surface area contributed by atoms with E-state index < -0.39 is 0 Å². The minimum atomic E-state index is 0.490. The van der Waals surface area contributed by atoms with Crippen molar-refractivity contribution in [3.05, 3.63) is 33.4 Å². The Morgan fingerprint density at radius 2 is 1.87 bits per heavy atom. The van der Waals surface area contributed by atoms with E-state index in [0.717, 1.165) is 27.2 Å². The van der Waals surface area contributed by atoms with E-state index in [1.54, 1.807) is 0 Å². The Kier molecular flexibility index (Phi) is 2.67. The molecule has 1 aromatic carbocycles. The summed E-state index contributed by atoms with van der Waals surface area (Å²) in [7, 11) is 1.96. The third kappa shape index (κ3) is 1.44. The third-order valence-corrected chi connectivity index (χ3v) is 3.44. The topological polar surface area (TPSA) is 30.9 Å². The van der Waals surface area contributed by atoms with Gasteiger partial charge in [-0.3, -0.25) is 0 Å². The van der Waals surface area contributed by atoms with Gasteiger partial charge in [0, 0.05) is 24.7 Å². The number of nitrogens with zero attached hydrogens (tertiary/aromatic N) is 1. The first kappa shape index (κ1) is 10.8. The lowest BCUT2D eigenvalue weighted by molar-refractivity contribution is 0.841. The zero-order valence-electron chi connectivity index (χ0n) is 8.64. The zero-order chi connectivity index (χ0) is 11.2. The summed E-state index contributed by atoms with van der Waals surface area (Å²) in [5.41, 5.74) is 8.85. The summed E-state index contributed by atoms with van der Waals surface area (Å²) in [6.45, 7) is 2.51. The molecule has 1 heterocycles. The van der Waals surface area contributed by atoms with E-state index in [0.29, 0.717) is 11.6 Å². The summed E-state index contributed by atoms with van der Waals surface area (Å²) in [6, 6.07) is 3.63. The van der Waals surface area contributed by atoms with Crippen LogP contribution < -0.4 is 5.73 Å². The molecular formula is C11H12Cl2N2. The van der Waals surface area contributed by atoms with E-state index in [2.05, 4.69) is 0 Å². The first-order valence-corrected chi connectivity index (χ1v) is 5.45. The number of benzene rings is 1. The van der Waals surface area contributed by atoms with Gasteiger partial charge in [0.2, 0.25) is 0 Å². The summed E-state index contributed by atoms with van der Waals surface area (Å²) in [4.78, 5) is 0. The van der Waals surface area contributed by atoms with Gasteiger partial charge in [-0.05, 0) is 24.6 Å². The highest BCUT2D eigenvalue weighted by Crippen LogP contribution is 2.35. The van der Waals surface area contributed by atoms with Gasteiger partial charge < -0.3 is 10.3 Å². The van der Waals surface area contributed by atoms with Crippen LogP contribution in [-0.4, -0.2) is 4.57 Å². The number of aryl methyl sites for hydroxylation is 2. The number of halogens is 2. The van der Waals surface area contributed by atoms with Gasteiger partial charge in [-0.1, -0.05) is 23.2 Å². The number of fused-ring (bicyclic) bond motifs is 1. The van der Waals surface area contributed by atoms with Crippen LogP contribution in [-0.2, 0) is 13.6 Å². The predicted octanol–water partition coefficient (Wildman–Crippen LogP) is 3.25. The Hall–Kier alpha value is -0.700. The van der Waals surface area contributed by atoms with E-state index in [1.807, 2.05) is 30.7 Å². The number of nitrogens with two attached hydrogens (primary N) is 1. The van der Waals surface area contributed by atoms with Crippen molar-refractivity contribution in [3.8, 4) is 0 Å². The van der Waals surface area contributed by atoms with Crippen LogP contribution in [0, 0.1) is 6.92 Å². The largest absolute Gasteiger partial charge is 0.345 e. The molecule has 0 radical (unpaired) electrons. The summed E-state index contributed by atoms with van der Waals surface area (Å²) in [5, 5.41) is 2.44. The zero-order valence-corrected chi connectivity index (χ0v) is 10.2. The van der Waals surface area contributed by atoms with E-state index in [1.165, 1.54) is 0 Å². The van der Waals surface area contributed by atoms with E-state index >= 15 is 0 Å². The molecule has 0 aliphatic carbocycles. The average Bonchev–Trinajstić information content (AvgIpc) is 2.46. The lowest BCUT2D eigenvalue weighted by Gasteiger charge is -2.02. The van der Waals surface area contributed by atoms with Crippen molar-refractivity contribution < 1.29 is 0 Å². The minimum Gasteiger partial charge on any atom is -0.345 e. The van der Waals surface area contributed by atoms with Crippen molar-refractivity contribution in [2.75, 3.05) is 0 Å². The summed E-state index contributed by atoms with van der Waals surface area (Å²) in [5.74, 6) is 0. The highest BCUT2D eigenvalue weighted by atomic mass is 35.5. The van der Waals surface area contributed by atoms with Gasteiger partial charge in [-0.15, -0.1) is 0 Å². The molecule has 0 spiro atoms. The minimum absolute atomic E-state index is 0.490. The summed E-state index contributed by atoms with van der Waals surface area (Å²) >= 11 is 12.3. The van der Waals surface area contributed by atoms with E-state index in [-0.39, 0.29) is 0 Å². The van der Waals surface area contributed by atoms with Gasteiger partial charge in [0.05, 0.1) is 15.6 Å². The summed E-state index contributed by atoms with van der Waals surface area (Å²) < 4.78 is 2.01. The lowest BCUT2D eigenvalue weighted by atomic mass is 10.1. The fourth-order valence-corrected chi connectivity index (χ4v) is 2.63. The molecule has 1 aromatic heterocycles. The number of hydrogen-bond acceptors (Lipinski definition) is 1. The Bertz CT molecular complexity index is 484. The molecule has 2 nitrogen and oxygen atoms in total. The fraction of sp³-hybridized carbons (Fsp3) is 0.273. The van der Waals surface area contributed by atoms with Crippen molar-refractivity contribution in [3.63, 3.8) is 0 Å². The molecule has 0 aliphatic heterocycles. The first-order chi connectivity index (χ1) is 7.07. The monoisotopic (exact) mass is 242 g/mol. The van der Waals surface area contributed by atoms with Crippen LogP contribution >= 0.6 is 23.2 Å². The fourth-order valence-electron chi connectivity index (χ4n) is 2.05. The van der Waals surface area contributed by atoms with Gasteiger partial charge in [-0.2, -0.15) is 0 Å². The highest BCUT2D eigenvalue weighted by molar-refractivity contribution is 6.40. The maximum atomic E-state index is 6.16. The number of rotatable bonds is 1. The Balaban J connectivity index is 3.01. The maximum Gasteiger partial charge on any atom is 0.0687 e. The number of hydrogen-bond donors (Lipinski definition) is 1. The molecule has 0 fully saturated rings. The van der Waals surface area contributed by atoms with Crippen LogP contribution in [0.1, 0.15) is 11.3 Å². The van der Waals surface area contributed by atoms with Crippen molar-refractivity contribution in [1.29, 1.82) is 0 Å². The molecular weight excluding hydrogens is 231 g/mol.